The Labute approximate surface area is 129 Å². The minimum Gasteiger partial charge on any atom is -0.492 e. The topological polar surface area (TPSA) is 24.9 Å². The summed E-state index contributed by atoms with van der Waals surface area (Å²) in [6, 6.07) is 8.00. The van der Waals surface area contributed by atoms with Crippen molar-refractivity contribution in [3.05, 3.63) is 28.7 Å². The summed E-state index contributed by atoms with van der Waals surface area (Å²) in [5.74, 6) is 0.929. The molecule has 1 aliphatic rings. The van der Waals surface area contributed by atoms with Gasteiger partial charge < -0.3 is 9.47 Å². The monoisotopic (exact) mass is 342 g/mol. The second-order valence-electron chi connectivity index (χ2n) is 4.98. The van der Waals surface area contributed by atoms with Crippen LogP contribution in [0.1, 0.15) is 0 Å². The van der Waals surface area contributed by atoms with E-state index in [1.807, 2.05) is 24.3 Å². The van der Waals surface area contributed by atoms with E-state index in [1.165, 1.54) is 0 Å². The van der Waals surface area contributed by atoms with Gasteiger partial charge >= 0.3 is 0 Å². The second kappa shape index (κ2) is 8.62. The summed E-state index contributed by atoms with van der Waals surface area (Å²) in [7, 11) is 1.76. The summed E-state index contributed by atoms with van der Waals surface area (Å²) in [6.45, 7) is 8.08. The van der Waals surface area contributed by atoms with Crippen LogP contribution in [0.25, 0.3) is 0 Å². The van der Waals surface area contributed by atoms with E-state index in [1.54, 1.807) is 7.11 Å². The van der Waals surface area contributed by atoms with Crippen LogP contribution < -0.4 is 4.74 Å². The van der Waals surface area contributed by atoms with Gasteiger partial charge in [-0.15, -0.1) is 0 Å². The first-order chi connectivity index (χ1) is 9.78. The highest BCUT2D eigenvalue weighted by atomic mass is 79.9. The Kier molecular flexibility index (Phi) is 6.79. The number of hydrogen-bond donors (Lipinski definition) is 0. The molecule has 2 rings (SSSR count). The Bertz CT molecular complexity index is 395. The summed E-state index contributed by atoms with van der Waals surface area (Å²) in [5.41, 5.74) is 0. The van der Waals surface area contributed by atoms with E-state index in [0.717, 1.165) is 62.7 Å². The van der Waals surface area contributed by atoms with Crippen LogP contribution in [-0.2, 0) is 4.74 Å². The van der Waals surface area contributed by atoms with Crippen LogP contribution in [-0.4, -0.2) is 69.4 Å². The molecule has 1 fully saturated rings. The van der Waals surface area contributed by atoms with Crippen LogP contribution in [0.2, 0.25) is 0 Å². The summed E-state index contributed by atoms with van der Waals surface area (Å²) >= 11 is 3.45. The van der Waals surface area contributed by atoms with Crippen molar-refractivity contribution >= 4 is 15.9 Å². The molecule has 1 heterocycles. The Morgan fingerprint density at radius 1 is 1.05 bits per heavy atom. The van der Waals surface area contributed by atoms with Gasteiger partial charge in [0, 0.05) is 50.9 Å². The van der Waals surface area contributed by atoms with E-state index in [0.29, 0.717) is 0 Å². The maximum absolute atomic E-state index is 5.78. The van der Waals surface area contributed by atoms with E-state index < -0.39 is 0 Å². The number of hydrogen-bond acceptors (Lipinski definition) is 4. The van der Waals surface area contributed by atoms with Gasteiger partial charge in [0.2, 0.25) is 0 Å². The largest absolute Gasteiger partial charge is 0.492 e. The zero-order valence-corrected chi connectivity index (χ0v) is 13.6. The number of halogens is 1. The zero-order chi connectivity index (χ0) is 14.2. The molecule has 0 unspecified atom stereocenters. The second-order valence-corrected chi connectivity index (χ2v) is 5.90. The highest BCUT2D eigenvalue weighted by molar-refractivity contribution is 9.10. The van der Waals surface area contributed by atoms with Gasteiger partial charge in [0.25, 0.3) is 0 Å². The van der Waals surface area contributed by atoms with Gasteiger partial charge in [-0.05, 0) is 18.2 Å². The Morgan fingerprint density at radius 3 is 2.30 bits per heavy atom. The number of rotatable bonds is 7. The maximum Gasteiger partial charge on any atom is 0.120 e. The van der Waals surface area contributed by atoms with Crippen molar-refractivity contribution in [2.24, 2.45) is 0 Å². The molecule has 5 heteroatoms. The molecule has 112 valence electrons. The zero-order valence-electron chi connectivity index (χ0n) is 12.1. The van der Waals surface area contributed by atoms with Crippen molar-refractivity contribution in [1.82, 2.24) is 9.80 Å². The van der Waals surface area contributed by atoms with Crippen LogP contribution in [0.15, 0.2) is 28.7 Å². The molecule has 0 bridgehead atoms. The van der Waals surface area contributed by atoms with Gasteiger partial charge in [-0.3, -0.25) is 9.80 Å². The lowest BCUT2D eigenvalue weighted by Crippen LogP contribution is -2.48. The van der Waals surface area contributed by atoms with Crippen molar-refractivity contribution in [2.75, 3.05) is 59.6 Å². The third-order valence-corrected chi connectivity index (χ3v) is 4.04. The minimum atomic E-state index is 0.745. The van der Waals surface area contributed by atoms with E-state index in [2.05, 4.69) is 25.7 Å². The summed E-state index contributed by atoms with van der Waals surface area (Å²) in [4.78, 5) is 4.91. The maximum atomic E-state index is 5.78. The Morgan fingerprint density at radius 2 is 1.70 bits per heavy atom. The number of ether oxygens (including phenoxy) is 2. The first kappa shape index (κ1) is 15.8. The van der Waals surface area contributed by atoms with Crippen LogP contribution in [0.4, 0.5) is 0 Å². The molecule has 0 spiro atoms. The first-order valence-corrected chi connectivity index (χ1v) is 7.89. The molecular formula is C15H23BrN2O2. The molecule has 1 aliphatic heterocycles. The SMILES string of the molecule is COCCN1CCN(CCOc2cccc(Br)c2)CC1. The van der Waals surface area contributed by atoms with Crippen molar-refractivity contribution in [1.29, 1.82) is 0 Å². The minimum absolute atomic E-state index is 0.745. The Balaban J connectivity index is 1.61. The van der Waals surface area contributed by atoms with Crippen LogP contribution in [0.3, 0.4) is 0 Å². The highest BCUT2D eigenvalue weighted by Gasteiger charge is 2.15. The molecule has 0 aliphatic carbocycles. The molecule has 0 amide bonds. The lowest BCUT2D eigenvalue weighted by Gasteiger charge is -2.34. The van der Waals surface area contributed by atoms with Crippen molar-refractivity contribution in [3.63, 3.8) is 0 Å². The molecule has 0 N–H and O–H groups in total. The average molecular weight is 343 g/mol. The molecule has 1 saturated heterocycles. The average Bonchev–Trinajstić information content (AvgIpc) is 2.46. The number of piperazine rings is 1. The van der Waals surface area contributed by atoms with Gasteiger partial charge in [0.15, 0.2) is 0 Å². The van der Waals surface area contributed by atoms with Gasteiger partial charge in [-0.2, -0.15) is 0 Å². The standard InChI is InChI=1S/C15H23BrN2O2/c1-19-11-9-17-5-7-18(8-6-17)10-12-20-15-4-2-3-14(16)13-15/h2-4,13H,5-12H2,1H3. The third kappa shape index (κ3) is 5.40. The van der Waals surface area contributed by atoms with Gasteiger partial charge in [-0.1, -0.05) is 22.0 Å². The number of nitrogens with zero attached hydrogens (tertiary/aromatic N) is 2. The van der Waals surface area contributed by atoms with Crippen LogP contribution >= 0.6 is 15.9 Å². The predicted molar refractivity (Wildman–Crippen MR) is 84.4 cm³/mol. The predicted octanol–water partition coefficient (Wildman–Crippen LogP) is 2.09. The summed E-state index contributed by atoms with van der Waals surface area (Å²) < 4.78 is 11.9. The number of benzene rings is 1. The van der Waals surface area contributed by atoms with Gasteiger partial charge in [0.1, 0.15) is 12.4 Å². The normalized spacial score (nSPS) is 17.3. The molecule has 4 nitrogen and oxygen atoms in total. The van der Waals surface area contributed by atoms with Crippen LogP contribution in [0.5, 0.6) is 5.75 Å². The van der Waals surface area contributed by atoms with Crippen molar-refractivity contribution in [3.8, 4) is 5.75 Å². The molecule has 0 aromatic heterocycles. The lowest BCUT2D eigenvalue weighted by molar-refractivity contribution is 0.0894. The van der Waals surface area contributed by atoms with Crippen LogP contribution in [0, 0.1) is 0 Å². The quantitative estimate of drug-likeness (QED) is 0.757. The fourth-order valence-electron chi connectivity index (χ4n) is 2.31. The number of methoxy groups -OCH3 is 1. The molecule has 0 saturated carbocycles. The molecule has 0 atom stereocenters. The lowest BCUT2D eigenvalue weighted by atomic mass is 10.3. The Hall–Kier alpha value is -0.620. The molecule has 1 aromatic carbocycles. The van der Waals surface area contributed by atoms with E-state index in [-0.39, 0.29) is 0 Å². The summed E-state index contributed by atoms with van der Waals surface area (Å²) in [6.07, 6.45) is 0. The molecule has 1 aromatic rings. The third-order valence-electron chi connectivity index (χ3n) is 3.55. The van der Waals surface area contributed by atoms with E-state index >= 15 is 0 Å². The smallest absolute Gasteiger partial charge is 0.120 e. The fraction of sp³-hybridized carbons (Fsp3) is 0.600. The van der Waals surface area contributed by atoms with Gasteiger partial charge in [0.05, 0.1) is 6.61 Å². The van der Waals surface area contributed by atoms with Crippen molar-refractivity contribution in [2.45, 2.75) is 0 Å². The molecular weight excluding hydrogens is 320 g/mol. The first-order valence-electron chi connectivity index (χ1n) is 7.10. The van der Waals surface area contributed by atoms with E-state index in [9.17, 15) is 0 Å². The van der Waals surface area contributed by atoms with Gasteiger partial charge in [-0.25, -0.2) is 0 Å². The molecule has 0 radical (unpaired) electrons. The fourth-order valence-corrected chi connectivity index (χ4v) is 2.68. The molecule has 20 heavy (non-hydrogen) atoms. The highest BCUT2D eigenvalue weighted by Crippen LogP contribution is 2.17. The van der Waals surface area contributed by atoms with E-state index in [4.69, 9.17) is 9.47 Å². The van der Waals surface area contributed by atoms with Crippen molar-refractivity contribution < 1.29 is 9.47 Å². The summed E-state index contributed by atoms with van der Waals surface area (Å²) in [5, 5.41) is 0.